The van der Waals surface area contributed by atoms with Crippen molar-refractivity contribution in [1.29, 1.82) is 0 Å². The van der Waals surface area contributed by atoms with Crippen LogP contribution in [0.1, 0.15) is 31.7 Å². The third kappa shape index (κ3) is 2.41. The molecule has 5 bridgehead atoms. The predicted octanol–water partition coefficient (Wildman–Crippen LogP) is 3.13. The van der Waals surface area contributed by atoms with E-state index < -0.39 is 0 Å². The summed E-state index contributed by atoms with van der Waals surface area (Å²) in [5.41, 5.74) is 2.22. The molecule has 5 fully saturated rings. The molecule has 10 atom stereocenters. The molecule has 8 heteroatoms. The molecule has 7 rings (SSSR count). The van der Waals surface area contributed by atoms with Gasteiger partial charge in [-0.15, -0.1) is 23.2 Å². The summed E-state index contributed by atoms with van der Waals surface area (Å²) in [4.78, 5) is 29.7. The van der Waals surface area contributed by atoms with Crippen LogP contribution in [0.3, 0.4) is 0 Å². The molecule has 4 saturated heterocycles. The van der Waals surface area contributed by atoms with E-state index in [1.807, 2.05) is 0 Å². The van der Waals surface area contributed by atoms with E-state index in [0.29, 0.717) is 5.92 Å². The second-order valence-corrected chi connectivity index (χ2v) is 10.5. The molecule has 6 aliphatic rings. The first-order chi connectivity index (χ1) is 15.5. The average molecular weight is 479 g/mol. The van der Waals surface area contributed by atoms with Crippen LogP contribution in [0, 0.1) is 17.8 Å². The number of esters is 2. The Morgan fingerprint density at radius 2 is 1.84 bits per heavy atom. The van der Waals surface area contributed by atoms with Gasteiger partial charge in [0, 0.05) is 36.7 Å². The van der Waals surface area contributed by atoms with Gasteiger partial charge in [0.05, 0.1) is 11.5 Å². The minimum Gasteiger partial charge on any atom is -0.460 e. The third-order valence-electron chi connectivity index (χ3n) is 9.13. The zero-order valence-corrected chi connectivity index (χ0v) is 19.8. The zero-order chi connectivity index (χ0) is 22.4. The highest BCUT2D eigenvalue weighted by Crippen LogP contribution is 2.70. The molecule has 6 nitrogen and oxygen atoms in total. The van der Waals surface area contributed by atoms with Gasteiger partial charge in [-0.2, -0.15) is 0 Å². The first-order valence-corrected chi connectivity index (χ1v) is 12.7. The van der Waals surface area contributed by atoms with Gasteiger partial charge in [-0.05, 0) is 36.8 Å². The lowest BCUT2D eigenvalue weighted by atomic mass is 9.62. The molecule has 32 heavy (non-hydrogen) atoms. The summed E-state index contributed by atoms with van der Waals surface area (Å²) in [6, 6.07) is 9.11. The molecule has 5 heterocycles. The second-order valence-electron chi connectivity index (χ2n) is 10.0. The number of hydrogen-bond donors (Lipinski definition) is 0. The molecule has 172 valence electrons. The molecule has 0 amide bonds. The average Bonchev–Trinajstić information content (AvgIpc) is 3.21. The van der Waals surface area contributed by atoms with Gasteiger partial charge >= 0.3 is 11.9 Å². The molecular weight excluding hydrogens is 451 g/mol. The smallest absolute Gasteiger partial charge is 0.322 e. The fourth-order valence-corrected chi connectivity index (χ4v) is 8.61. The molecule has 1 spiro atoms. The van der Waals surface area contributed by atoms with Crippen molar-refractivity contribution >= 4 is 40.8 Å². The minimum atomic E-state index is -0.365. The number of halogens is 2. The van der Waals surface area contributed by atoms with Crippen molar-refractivity contribution in [3.8, 4) is 0 Å². The third-order valence-corrected chi connectivity index (χ3v) is 9.56. The van der Waals surface area contributed by atoms with E-state index in [9.17, 15) is 9.59 Å². The largest absolute Gasteiger partial charge is 0.460 e. The van der Waals surface area contributed by atoms with E-state index in [-0.39, 0.29) is 71.4 Å². The van der Waals surface area contributed by atoms with Gasteiger partial charge in [0.25, 0.3) is 0 Å². The van der Waals surface area contributed by atoms with Crippen molar-refractivity contribution in [3.05, 3.63) is 29.8 Å². The van der Waals surface area contributed by atoms with Crippen LogP contribution in [-0.2, 0) is 24.5 Å². The number of ether oxygens (including phenoxy) is 2. The first kappa shape index (κ1) is 21.1. The number of likely N-dealkylation sites (N-methyl/N-ethyl adjacent to an activating group) is 1. The number of nitrogens with zero attached hydrogens (tertiary/aromatic N) is 2. The Balaban J connectivity index is 1.52. The Labute approximate surface area is 198 Å². The number of alkyl halides is 2. The molecule has 0 aromatic heterocycles. The van der Waals surface area contributed by atoms with Crippen LogP contribution in [0.4, 0.5) is 5.69 Å². The topological polar surface area (TPSA) is 59.1 Å². The number of carbonyl (C=O) groups excluding carboxylic acids is 2. The van der Waals surface area contributed by atoms with Crippen molar-refractivity contribution in [3.63, 3.8) is 0 Å². The molecule has 0 radical (unpaired) electrons. The van der Waals surface area contributed by atoms with Crippen LogP contribution >= 0.6 is 23.2 Å². The van der Waals surface area contributed by atoms with Crippen LogP contribution in [0.5, 0.6) is 0 Å². The van der Waals surface area contributed by atoms with E-state index in [1.165, 1.54) is 11.3 Å². The standard InChI is InChI=1S/C24H28Cl2N2O4/c1-3-12-13-8-16-21-24(14-6-4-5-7-15(14)27(21)2)9-17(20(13)22(24)31-18(29)10-25)28(16)23(12)32-19(30)11-26/h4-7,12-13,16-17,20-23H,3,8-11H2,1-2H3/t12-,13?,16-,17-,20?,21-,22+,23+,24?/m0/s1. The van der Waals surface area contributed by atoms with Crippen LogP contribution in [0.15, 0.2) is 24.3 Å². The SMILES string of the molecule is CC[C@H]1C2C[C@H]3[C@@H]4N(C)c5ccccc5C45C[C@@H](C2[C@H]5OC(=O)CCl)N3[C@@H]1OC(=O)CCl. The Morgan fingerprint density at radius 3 is 2.56 bits per heavy atom. The maximum absolute atomic E-state index is 12.6. The number of para-hydroxylation sites is 1. The number of benzene rings is 1. The summed E-state index contributed by atoms with van der Waals surface area (Å²) < 4.78 is 12.2. The van der Waals surface area contributed by atoms with Crippen molar-refractivity contribution < 1.29 is 19.1 Å². The number of fused-ring (bicyclic) bond motifs is 2. The van der Waals surface area contributed by atoms with Crippen molar-refractivity contribution in [2.45, 2.75) is 62.1 Å². The summed E-state index contributed by atoms with van der Waals surface area (Å²) in [6.45, 7) is 2.16. The summed E-state index contributed by atoms with van der Waals surface area (Å²) in [5.74, 6) is -0.263. The summed E-state index contributed by atoms with van der Waals surface area (Å²) in [6.07, 6.45) is 2.32. The molecule has 1 aromatic carbocycles. The normalized spacial score (nSPS) is 44.4. The number of hydrogen-bond acceptors (Lipinski definition) is 6. The van der Waals surface area contributed by atoms with Gasteiger partial charge in [-0.1, -0.05) is 25.1 Å². The monoisotopic (exact) mass is 478 g/mol. The van der Waals surface area contributed by atoms with E-state index in [2.05, 4.69) is 48.0 Å². The lowest BCUT2D eigenvalue weighted by Gasteiger charge is -2.62. The fraction of sp³-hybridized carbons (Fsp3) is 0.667. The van der Waals surface area contributed by atoms with Gasteiger partial charge < -0.3 is 14.4 Å². The maximum Gasteiger partial charge on any atom is 0.322 e. The van der Waals surface area contributed by atoms with E-state index in [4.69, 9.17) is 32.7 Å². The number of carbonyl (C=O) groups is 2. The van der Waals surface area contributed by atoms with Crippen molar-refractivity contribution in [2.75, 3.05) is 23.7 Å². The van der Waals surface area contributed by atoms with Crippen LogP contribution in [0.2, 0.25) is 0 Å². The summed E-state index contributed by atoms with van der Waals surface area (Å²) in [5, 5.41) is 0. The van der Waals surface area contributed by atoms with E-state index >= 15 is 0 Å². The van der Waals surface area contributed by atoms with Gasteiger partial charge in [-0.25, -0.2) is 0 Å². The number of anilines is 1. The van der Waals surface area contributed by atoms with E-state index in [0.717, 1.165) is 19.3 Å². The molecule has 0 N–H and O–H groups in total. The molecule has 1 aliphatic carbocycles. The molecular formula is C24H28Cl2N2O4. The lowest BCUT2D eigenvalue weighted by Crippen LogP contribution is -2.73. The molecule has 1 saturated carbocycles. The fourth-order valence-electron chi connectivity index (χ4n) is 8.48. The quantitative estimate of drug-likeness (QED) is 0.478. The van der Waals surface area contributed by atoms with Gasteiger partial charge in [0.15, 0.2) is 6.23 Å². The number of piperidine rings is 4. The van der Waals surface area contributed by atoms with Crippen LogP contribution < -0.4 is 4.90 Å². The highest BCUT2D eigenvalue weighted by Gasteiger charge is 2.78. The predicted molar refractivity (Wildman–Crippen MR) is 121 cm³/mol. The van der Waals surface area contributed by atoms with Gasteiger partial charge in [0.2, 0.25) is 0 Å². The Kier molecular flexibility index (Phi) is 4.77. The summed E-state index contributed by atoms with van der Waals surface area (Å²) in [7, 11) is 2.15. The Bertz CT molecular complexity index is 975. The Morgan fingerprint density at radius 1 is 1.12 bits per heavy atom. The van der Waals surface area contributed by atoms with Crippen molar-refractivity contribution in [1.82, 2.24) is 4.90 Å². The second kappa shape index (κ2) is 7.25. The Hall–Kier alpha value is -1.50. The van der Waals surface area contributed by atoms with Crippen LogP contribution in [-0.4, -0.2) is 66.1 Å². The lowest BCUT2D eigenvalue weighted by molar-refractivity contribution is -0.228. The zero-order valence-electron chi connectivity index (χ0n) is 18.2. The number of rotatable bonds is 5. The van der Waals surface area contributed by atoms with E-state index in [1.54, 1.807) is 0 Å². The van der Waals surface area contributed by atoms with Gasteiger partial charge in [0.1, 0.15) is 17.9 Å². The summed E-state index contributed by atoms with van der Waals surface area (Å²) >= 11 is 11.7. The first-order valence-electron chi connectivity index (χ1n) is 11.6. The minimum absolute atomic E-state index is 0.140. The molecule has 1 aromatic rings. The van der Waals surface area contributed by atoms with Crippen molar-refractivity contribution in [2.24, 2.45) is 17.8 Å². The highest BCUT2D eigenvalue weighted by atomic mass is 35.5. The molecule has 4 unspecified atom stereocenters. The molecule has 5 aliphatic heterocycles. The maximum atomic E-state index is 12.6. The highest BCUT2D eigenvalue weighted by molar-refractivity contribution is 6.26. The van der Waals surface area contributed by atoms with Crippen LogP contribution in [0.25, 0.3) is 0 Å². The van der Waals surface area contributed by atoms with Gasteiger partial charge in [-0.3, -0.25) is 14.5 Å².